The summed E-state index contributed by atoms with van der Waals surface area (Å²) in [6, 6.07) is 11.7. The number of rotatable bonds is 3. The van der Waals surface area contributed by atoms with E-state index in [4.69, 9.17) is 16.8 Å². The number of hydrogen-bond donors (Lipinski definition) is 2. The van der Waals surface area contributed by atoms with Crippen LogP contribution in [-0.2, 0) is 13.0 Å². The number of carbonyl (C=O) groups excluding carboxylic acids is 1. The molecule has 31 heavy (non-hydrogen) atoms. The van der Waals surface area contributed by atoms with Crippen LogP contribution in [0.4, 0.5) is 10.8 Å². The van der Waals surface area contributed by atoms with Gasteiger partial charge in [-0.1, -0.05) is 23.8 Å². The Bertz CT molecular complexity index is 1370. The Balaban J connectivity index is 1.46. The zero-order valence-electron chi connectivity index (χ0n) is 16.7. The minimum atomic E-state index is -0.599. The normalized spacial score (nSPS) is 13.1. The van der Waals surface area contributed by atoms with Gasteiger partial charge in [0.15, 0.2) is 10.8 Å². The molecule has 0 spiro atoms. The standard InChI is InChI=1S/C23H18N4O2S2/c1-13-16-5-3-4-6-20(16)31-21(13)19-12-30-23(25-19)27-8-7-14-9-15(22(28)26-29)10-18(24-2)17(14)11-27/h3-6,9-10,12,29H,7-8,11H2,1H3,(H,26,28). The number of nitrogens with one attached hydrogen (secondary N) is 1. The van der Waals surface area contributed by atoms with Gasteiger partial charge in [-0.3, -0.25) is 10.0 Å². The molecule has 0 aliphatic carbocycles. The smallest absolute Gasteiger partial charge is 0.273 e. The number of aromatic nitrogens is 1. The van der Waals surface area contributed by atoms with Crippen molar-refractivity contribution in [1.82, 2.24) is 10.5 Å². The first-order valence-electron chi connectivity index (χ1n) is 9.75. The second-order valence-electron chi connectivity index (χ2n) is 7.43. The van der Waals surface area contributed by atoms with Crippen molar-refractivity contribution in [3.05, 3.63) is 75.4 Å². The van der Waals surface area contributed by atoms with E-state index in [0.717, 1.165) is 28.5 Å². The first-order chi connectivity index (χ1) is 15.1. The van der Waals surface area contributed by atoms with E-state index in [1.807, 2.05) is 0 Å². The van der Waals surface area contributed by atoms with Crippen LogP contribution in [0.25, 0.3) is 25.5 Å². The number of aryl methyl sites for hydroxylation is 1. The molecule has 0 atom stereocenters. The minimum Gasteiger partial charge on any atom is -0.345 e. The van der Waals surface area contributed by atoms with Crippen LogP contribution in [0.15, 0.2) is 41.8 Å². The van der Waals surface area contributed by atoms with Gasteiger partial charge in [-0.15, -0.1) is 22.7 Å². The molecule has 0 unspecified atom stereocenters. The lowest BCUT2D eigenvalue weighted by Crippen LogP contribution is -2.30. The summed E-state index contributed by atoms with van der Waals surface area (Å²) in [5.41, 5.74) is 6.53. The van der Waals surface area contributed by atoms with Crippen molar-refractivity contribution < 1.29 is 10.0 Å². The van der Waals surface area contributed by atoms with E-state index in [2.05, 4.69) is 46.3 Å². The minimum absolute atomic E-state index is 0.303. The molecule has 0 radical (unpaired) electrons. The molecule has 2 aromatic heterocycles. The molecule has 0 fully saturated rings. The zero-order chi connectivity index (χ0) is 21.5. The van der Waals surface area contributed by atoms with E-state index in [-0.39, 0.29) is 0 Å². The highest BCUT2D eigenvalue weighted by Gasteiger charge is 2.24. The van der Waals surface area contributed by atoms with Crippen LogP contribution in [0.3, 0.4) is 0 Å². The number of carbonyl (C=O) groups is 1. The summed E-state index contributed by atoms with van der Waals surface area (Å²) in [5, 5.41) is 13.2. The van der Waals surface area contributed by atoms with E-state index in [1.54, 1.807) is 34.2 Å². The van der Waals surface area contributed by atoms with Gasteiger partial charge in [-0.2, -0.15) is 0 Å². The fraction of sp³-hybridized carbons (Fsp3) is 0.174. The lowest BCUT2D eigenvalue weighted by Gasteiger charge is -2.29. The van der Waals surface area contributed by atoms with Crippen LogP contribution in [0.2, 0.25) is 0 Å². The number of hydroxylamine groups is 1. The van der Waals surface area contributed by atoms with Crippen molar-refractivity contribution in [2.75, 3.05) is 11.4 Å². The third-order valence-electron chi connectivity index (χ3n) is 5.64. The Morgan fingerprint density at radius 2 is 2.16 bits per heavy atom. The third kappa shape index (κ3) is 3.37. The molecule has 2 N–H and O–H groups in total. The number of amides is 1. The molecule has 3 heterocycles. The predicted molar refractivity (Wildman–Crippen MR) is 124 cm³/mol. The maximum atomic E-state index is 11.8. The fourth-order valence-electron chi connectivity index (χ4n) is 4.04. The van der Waals surface area contributed by atoms with Crippen LogP contribution in [-0.4, -0.2) is 22.6 Å². The number of hydrogen-bond acceptors (Lipinski definition) is 6. The molecule has 1 aliphatic heterocycles. The third-order valence-corrected chi connectivity index (χ3v) is 7.84. The van der Waals surface area contributed by atoms with Gasteiger partial charge in [0.1, 0.15) is 0 Å². The van der Waals surface area contributed by atoms with E-state index >= 15 is 0 Å². The summed E-state index contributed by atoms with van der Waals surface area (Å²) in [6.07, 6.45) is 0.710. The summed E-state index contributed by atoms with van der Waals surface area (Å²) in [4.78, 5) is 23.7. The van der Waals surface area contributed by atoms with Gasteiger partial charge in [0.25, 0.3) is 5.91 Å². The summed E-state index contributed by atoms with van der Waals surface area (Å²) >= 11 is 3.38. The monoisotopic (exact) mass is 446 g/mol. The van der Waals surface area contributed by atoms with Crippen molar-refractivity contribution in [1.29, 1.82) is 0 Å². The van der Waals surface area contributed by atoms with Crippen LogP contribution >= 0.6 is 22.7 Å². The van der Waals surface area contributed by atoms with Gasteiger partial charge in [0.2, 0.25) is 0 Å². The van der Waals surface area contributed by atoms with Gasteiger partial charge < -0.3 is 4.90 Å². The van der Waals surface area contributed by atoms with E-state index in [9.17, 15) is 4.79 Å². The molecule has 5 rings (SSSR count). The van der Waals surface area contributed by atoms with Gasteiger partial charge in [0, 0.05) is 28.7 Å². The van der Waals surface area contributed by atoms with Crippen molar-refractivity contribution in [2.45, 2.75) is 19.9 Å². The Hall–Kier alpha value is -3.25. The van der Waals surface area contributed by atoms with E-state index in [1.165, 1.54) is 26.6 Å². The average Bonchev–Trinajstić information content (AvgIpc) is 3.42. The molecular formula is C23H18N4O2S2. The maximum Gasteiger partial charge on any atom is 0.273 e. The highest BCUT2D eigenvalue weighted by Crippen LogP contribution is 2.40. The molecular weight excluding hydrogens is 428 g/mol. The molecule has 6 nitrogen and oxygen atoms in total. The fourth-order valence-corrected chi connectivity index (χ4v) is 6.13. The van der Waals surface area contributed by atoms with Crippen molar-refractivity contribution in [3.8, 4) is 10.6 Å². The molecule has 0 saturated carbocycles. The van der Waals surface area contributed by atoms with Gasteiger partial charge in [0.05, 0.1) is 17.1 Å². The van der Waals surface area contributed by atoms with Crippen LogP contribution < -0.4 is 10.4 Å². The molecule has 1 aliphatic rings. The zero-order valence-corrected chi connectivity index (χ0v) is 18.3. The Kier molecular flexibility index (Phi) is 4.94. The summed E-state index contributed by atoms with van der Waals surface area (Å²) in [7, 11) is 0. The highest BCUT2D eigenvalue weighted by atomic mass is 32.1. The number of thiophene rings is 1. The van der Waals surface area contributed by atoms with E-state index < -0.39 is 5.91 Å². The number of fused-ring (bicyclic) bond motifs is 2. The summed E-state index contributed by atoms with van der Waals surface area (Å²) in [5.74, 6) is -0.599. The van der Waals surface area contributed by atoms with Gasteiger partial charge >= 0.3 is 0 Å². The molecule has 8 heteroatoms. The van der Waals surface area contributed by atoms with Crippen LogP contribution in [0.1, 0.15) is 27.0 Å². The molecule has 0 saturated heterocycles. The molecule has 2 aromatic carbocycles. The quantitative estimate of drug-likeness (QED) is 0.245. The summed E-state index contributed by atoms with van der Waals surface area (Å²) in [6.45, 7) is 11.0. The second-order valence-corrected chi connectivity index (χ2v) is 9.31. The van der Waals surface area contributed by atoms with Crippen molar-refractivity contribution in [2.24, 2.45) is 0 Å². The van der Waals surface area contributed by atoms with Gasteiger partial charge in [-0.05, 0) is 48.1 Å². The summed E-state index contributed by atoms with van der Waals surface area (Å²) < 4.78 is 1.26. The largest absolute Gasteiger partial charge is 0.345 e. The molecule has 4 aromatic rings. The maximum absolute atomic E-state index is 11.8. The predicted octanol–water partition coefficient (Wildman–Crippen LogP) is 5.57. The van der Waals surface area contributed by atoms with Gasteiger partial charge in [-0.25, -0.2) is 15.3 Å². The van der Waals surface area contributed by atoms with Crippen molar-refractivity contribution >= 4 is 49.5 Å². The molecule has 0 bridgehead atoms. The van der Waals surface area contributed by atoms with Crippen LogP contribution in [0.5, 0.6) is 0 Å². The molecule has 154 valence electrons. The first-order valence-corrected chi connectivity index (χ1v) is 11.5. The lowest BCUT2D eigenvalue weighted by atomic mass is 9.95. The Labute approximate surface area is 187 Å². The Morgan fingerprint density at radius 1 is 1.32 bits per heavy atom. The van der Waals surface area contributed by atoms with Crippen LogP contribution in [0, 0.1) is 13.5 Å². The highest BCUT2D eigenvalue weighted by molar-refractivity contribution is 7.23. The number of thiazole rings is 1. The van der Waals surface area contributed by atoms with E-state index in [0.29, 0.717) is 24.2 Å². The second kappa shape index (κ2) is 7.78. The van der Waals surface area contributed by atoms with Crippen molar-refractivity contribution in [3.63, 3.8) is 0 Å². The number of anilines is 1. The SMILES string of the molecule is [C-]#[N+]c1cc(C(=O)NO)cc2c1CN(c1nc(-c3sc4ccccc4c3C)cs1)CC2. The Morgan fingerprint density at radius 3 is 2.94 bits per heavy atom. The lowest BCUT2D eigenvalue weighted by molar-refractivity contribution is 0.0706. The number of nitrogens with zero attached hydrogens (tertiary/aromatic N) is 3. The topological polar surface area (TPSA) is 69.8 Å². The number of benzene rings is 2. The average molecular weight is 447 g/mol. The first kappa shape index (κ1) is 19.7. The molecule has 1 amide bonds.